The van der Waals surface area contributed by atoms with E-state index in [-0.39, 0.29) is 24.0 Å². The number of fused-ring (bicyclic) bond motifs is 3. The third-order valence-electron chi connectivity index (χ3n) is 9.19. The fourth-order valence-electron chi connectivity index (χ4n) is 8.03. The summed E-state index contributed by atoms with van der Waals surface area (Å²) in [5, 5.41) is 21.3. The molecular weight excluding hydrogens is 396 g/mol. The van der Waals surface area contributed by atoms with Gasteiger partial charge in [-0.15, -0.1) is 0 Å². The van der Waals surface area contributed by atoms with E-state index in [9.17, 15) is 19.8 Å². The Morgan fingerprint density at radius 3 is 2.16 bits per heavy atom. The van der Waals surface area contributed by atoms with Crippen LogP contribution in [0.4, 0.5) is 0 Å². The molecular formula is C25H42O6. The molecule has 0 spiro atoms. The van der Waals surface area contributed by atoms with Gasteiger partial charge in [0.1, 0.15) is 19.3 Å². The molecule has 3 fully saturated rings. The van der Waals surface area contributed by atoms with E-state index in [2.05, 4.69) is 27.7 Å². The third kappa shape index (κ3) is 4.39. The Morgan fingerprint density at radius 1 is 0.903 bits per heavy atom. The molecule has 0 heterocycles. The number of hydrogen-bond donors (Lipinski definition) is 2. The Bertz CT molecular complexity index is 700. The third-order valence-corrected chi connectivity index (χ3v) is 9.19. The SMILES string of the molecule is CC(=O)OC[C@H](O)COC(=O)[C@H]1[C@@](C)(O)CCC2[C@]3(C)CCCC(C)(C)C3CC[C@@]21C. The fourth-order valence-corrected chi connectivity index (χ4v) is 8.03. The van der Waals surface area contributed by atoms with Crippen LogP contribution in [0.5, 0.6) is 0 Å². The standard InChI is InChI=1S/C25H42O6/c1-16(26)30-14-17(27)15-31-21(28)20-24(5)12-8-18-22(2,3)10-7-11-23(18,4)19(24)9-13-25(20,6)29/h17-20,27,29H,7-15H2,1-6H3/t17-,18?,19?,20+,23+,24-,25-/m0/s1. The Balaban J connectivity index is 1.82. The maximum atomic E-state index is 13.3. The first-order valence-corrected chi connectivity index (χ1v) is 11.9. The minimum Gasteiger partial charge on any atom is -0.463 e. The fraction of sp³-hybridized carbons (Fsp3) is 0.920. The molecule has 3 rings (SSSR count). The summed E-state index contributed by atoms with van der Waals surface area (Å²) < 4.78 is 10.3. The molecule has 3 aliphatic carbocycles. The molecule has 6 nitrogen and oxygen atoms in total. The molecule has 31 heavy (non-hydrogen) atoms. The summed E-state index contributed by atoms with van der Waals surface area (Å²) in [7, 11) is 0. The molecule has 3 saturated carbocycles. The Hall–Kier alpha value is -1.14. The maximum Gasteiger partial charge on any atom is 0.312 e. The summed E-state index contributed by atoms with van der Waals surface area (Å²) in [5.74, 6) is -0.603. The van der Waals surface area contributed by atoms with Crippen molar-refractivity contribution in [1.29, 1.82) is 0 Å². The second kappa shape index (κ2) is 8.33. The van der Waals surface area contributed by atoms with Crippen molar-refractivity contribution in [2.75, 3.05) is 13.2 Å². The lowest BCUT2D eigenvalue weighted by Gasteiger charge is -2.66. The molecule has 0 aromatic heterocycles. The van der Waals surface area contributed by atoms with Crippen LogP contribution in [0.15, 0.2) is 0 Å². The van der Waals surface area contributed by atoms with Crippen molar-refractivity contribution in [3.05, 3.63) is 0 Å². The molecule has 0 aromatic rings. The van der Waals surface area contributed by atoms with Gasteiger partial charge in [-0.2, -0.15) is 0 Å². The monoisotopic (exact) mass is 438 g/mol. The molecule has 0 amide bonds. The normalized spacial score (nSPS) is 42.6. The molecule has 6 heteroatoms. The van der Waals surface area contributed by atoms with Crippen molar-refractivity contribution in [2.45, 2.75) is 98.2 Å². The molecule has 2 unspecified atom stereocenters. The summed E-state index contributed by atoms with van der Waals surface area (Å²) in [6.07, 6.45) is 6.01. The van der Waals surface area contributed by atoms with Crippen molar-refractivity contribution in [3.63, 3.8) is 0 Å². The van der Waals surface area contributed by atoms with Crippen molar-refractivity contribution in [2.24, 2.45) is 34.0 Å². The maximum absolute atomic E-state index is 13.3. The average molecular weight is 439 g/mol. The van der Waals surface area contributed by atoms with Gasteiger partial charge in [0.15, 0.2) is 0 Å². The molecule has 0 saturated heterocycles. The summed E-state index contributed by atoms with van der Waals surface area (Å²) in [5.41, 5.74) is -1.04. The second-order valence-electron chi connectivity index (χ2n) is 11.9. The Kier molecular flexibility index (Phi) is 6.58. The largest absolute Gasteiger partial charge is 0.463 e. The number of hydrogen-bond acceptors (Lipinski definition) is 6. The topological polar surface area (TPSA) is 93.1 Å². The first-order valence-electron chi connectivity index (χ1n) is 11.9. The highest BCUT2D eigenvalue weighted by atomic mass is 16.6. The van der Waals surface area contributed by atoms with Gasteiger partial charge in [0.05, 0.1) is 11.5 Å². The molecule has 0 aromatic carbocycles. The number of ether oxygens (including phenoxy) is 2. The van der Waals surface area contributed by atoms with Crippen LogP contribution >= 0.6 is 0 Å². The van der Waals surface area contributed by atoms with Crippen LogP contribution in [-0.2, 0) is 19.1 Å². The highest BCUT2D eigenvalue weighted by Crippen LogP contribution is 2.69. The van der Waals surface area contributed by atoms with Gasteiger partial charge in [0.2, 0.25) is 0 Å². The van der Waals surface area contributed by atoms with E-state index in [0.717, 1.165) is 19.3 Å². The number of carbonyl (C=O) groups is 2. The minimum absolute atomic E-state index is 0.151. The second-order valence-corrected chi connectivity index (χ2v) is 11.9. The van der Waals surface area contributed by atoms with Crippen molar-refractivity contribution in [1.82, 2.24) is 0 Å². The first-order chi connectivity index (χ1) is 14.2. The molecule has 3 aliphatic rings. The van der Waals surface area contributed by atoms with Gasteiger partial charge in [-0.3, -0.25) is 9.59 Å². The Morgan fingerprint density at radius 2 is 1.52 bits per heavy atom. The van der Waals surface area contributed by atoms with Crippen molar-refractivity contribution < 1.29 is 29.3 Å². The van der Waals surface area contributed by atoms with E-state index < -0.39 is 29.6 Å². The number of rotatable bonds is 5. The minimum atomic E-state index is -1.14. The van der Waals surface area contributed by atoms with Crippen LogP contribution in [0.25, 0.3) is 0 Å². The molecule has 7 atom stereocenters. The lowest BCUT2D eigenvalue weighted by Crippen LogP contribution is -2.64. The van der Waals surface area contributed by atoms with Crippen LogP contribution in [0.2, 0.25) is 0 Å². The lowest BCUT2D eigenvalue weighted by atomic mass is 9.38. The number of carbonyl (C=O) groups excluding carboxylic acids is 2. The van der Waals surface area contributed by atoms with Crippen LogP contribution < -0.4 is 0 Å². The summed E-state index contributed by atoms with van der Waals surface area (Å²) >= 11 is 0. The summed E-state index contributed by atoms with van der Waals surface area (Å²) in [6.45, 7) is 12.0. The molecule has 2 N–H and O–H groups in total. The number of esters is 2. The van der Waals surface area contributed by atoms with Crippen LogP contribution in [0.1, 0.15) is 86.5 Å². The van der Waals surface area contributed by atoms with Gasteiger partial charge in [0, 0.05) is 6.92 Å². The van der Waals surface area contributed by atoms with Gasteiger partial charge >= 0.3 is 11.9 Å². The quantitative estimate of drug-likeness (QED) is 0.633. The van der Waals surface area contributed by atoms with E-state index in [1.165, 1.54) is 26.2 Å². The van der Waals surface area contributed by atoms with Crippen LogP contribution in [0, 0.1) is 34.0 Å². The zero-order valence-corrected chi connectivity index (χ0v) is 20.2. The van der Waals surface area contributed by atoms with Gasteiger partial charge in [-0.1, -0.05) is 34.1 Å². The zero-order valence-electron chi connectivity index (χ0n) is 20.2. The van der Waals surface area contributed by atoms with Crippen LogP contribution in [0.3, 0.4) is 0 Å². The van der Waals surface area contributed by atoms with Gasteiger partial charge in [-0.25, -0.2) is 0 Å². The molecule has 0 bridgehead atoms. The van der Waals surface area contributed by atoms with E-state index in [1.807, 2.05) is 0 Å². The summed E-state index contributed by atoms with van der Waals surface area (Å²) in [6, 6.07) is 0. The van der Waals surface area contributed by atoms with E-state index in [4.69, 9.17) is 9.47 Å². The average Bonchev–Trinajstić information content (AvgIpc) is 2.62. The van der Waals surface area contributed by atoms with Gasteiger partial charge < -0.3 is 19.7 Å². The van der Waals surface area contributed by atoms with Gasteiger partial charge in [-0.05, 0) is 73.5 Å². The molecule has 0 aliphatic heterocycles. The predicted molar refractivity (Wildman–Crippen MR) is 117 cm³/mol. The Labute approximate surface area is 187 Å². The number of aliphatic hydroxyl groups is 2. The smallest absolute Gasteiger partial charge is 0.312 e. The predicted octanol–water partition coefficient (Wildman–Crippen LogP) is 3.86. The highest BCUT2D eigenvalue weighted by Gasteiger charge is 2.66. The van der Waals surface area contributed by atoms with Crippen molar-refractivity contribution in [3.8, 4) is 0 Å². The molecule has 178 valence electrons. The number of aliphatic hydroxyl groups excluding tert-OH is 1. The van der Waals surface area contributed by atoms with E-state index in [0.29, 0.717) is 23.7 Å². The van der Waals surface area contributed by atoms with Crippen LogP contribution in [-0.4, -0.2) is 47.1 Å². The van der Waals surface area contributed by atoms with Crippen molar-refractivity contribution >= 4 is 11.9 Å². The zero-order chi connectivity index (χ0) is 23.2. The van der Waals surface area contributed by atoms with E-state index in [1.54, 1.807) is 6.92 Å². The molecule has 0 radical (unpaired) electrons. The summed E-state index contributed by atoms with van der Waals surface area (Å²) in [4.78, 5) is 24.2. The highest BCUT2D eigenvalue weighted by molar-refractivity contribution is 5.75. The van der Waals surface area contributed by atoms with E-state index >= 15 is 0 Å². The van der Waals surface area contributed by atoms with Gasteiger partial charge in [0.25, 0.3) is 0 Å². The lowest BCUT2D eigenvalue weighted by molar-refractivity contribution is -0.221. The first kappa shape index (κ1) is 24.5.